The third kappa shape index (κ3) is 7.31. The molecule has 0 unspecified atom stereocenters. The molecule has 0 saturated heterocycles. The van der Waals surface area contributed by atoms with Gasteiger partial charge in [0.2, 0.25) is 0 Å². The van der Waals surface area contributed by atoms with E-state index in [1.807, 2.05) is 31.2 Å². The molecule has 0 saturated carbocycles. The zero-order chi connectivity index (χ0) is 14.5. The summed E-state index contributed by atoms with van der Waals surface area (Å²) in [6.07, 6.45) is 6.41. The Labute approximate surface area is 123 Å². The van der Waals surface area contributed by atoms with Gasteiger partial charge >= 0.3 is 0 Å². The zero-order valence-electron chi connectivity index (χ0n) is 12.7. The van der Waals surface area contributed by atoms with Crippen LogP contribution < -0.4 is 10.1 Å². The Morgan fingerprint density at radius 1 is 1.10 bits per heavy atom. The Morgan fingerprint density at radius 2 is 1.90 bits per heavy atom. The molecule has 0 bridgehead atoms. The lowest BCUT2D eigenvalue weighted by atomic mass is 10.2. The predicted octanol–water partition coefficient (Wildman–Crippen LogP) is 3.50. The Balaban J connectivity index is 2.09. The number of hydrogen-bond acceptors (Lipinski definition) is 3. The van der Waals surface area contributed by atoms with Crippen LogP contribution in [-0.4, -0.2) is 32.9 Å². The molecule has 3 nitrogen and oxygen atoms in total. The van der Waals surface area contributed by atoms with Crippen molar-refractivity contribution in [3.63, 3.8) is 0 Å². The molecule has 20 heavy (non-hydrogen) atoms. The highest BCUT2D eigenvalue weighted by atomic mass is 16.5. The number of para-hydroxylation sites is 1. The minimum absolute atomic E-state index is 0.670. The summed E-state index contributed by atoms with van der Waals surface area (Å²) in [5, 5.41) is 3.32. The summed E-state index contributed by atoms with van der Waals surface area (Å²) in [5.41, 5.74) is 1.12. The molecule has 0 heterocycles. The van der Waals surface area contributed by atoms with E-state index in [0.29, 0.717) is 6.61 Å². The lowest BCUT2D eigenvalue weighted by molar-refractivity contribution is 0.132. The monoisotopic (exact) mass is 277 g/mol. The van der Waals surface area contributed by atoms with E-state index in [1.165, 1.54) is 6.42 Å². The summed E-state index contributed by atoms with van der Waals surface area (Å²) >= 11 is 0. The molecule has 0 atom stereocenters. The number of hydrogen-bond donors (Lipinski definition) is 1. The van der Waals surface area contributed by atoms with Crippen LogP contribution in [0.3, 0.4) is 0 Å². The van der Waals surface area contributed by atoms with Crippen molar-refractivity contribution in [2.45, 2.75) is 26.7 Å². The van der Waals surface area contributed by atoms with Crippen LogP contribution in [0.5, 0.6) is 5.75 Å². The van der Waals surface area contributed by atoms with Crippen LogP contribution in [0, 0.1) is 0 Å². The largest absolute Gasteiger partial charge is 0.492 e. The van der Waals surface area contributed by atoms with E-state index in [-0.39, 0.29) is 0 Å². The van der Waals surface area contributed by atoms with Gasteiger partial charge in [0, 0.05) is 25.3 Å². The molecule has 1 aromatic carbocycles. The standard InChI is InChI=1S/C17H27NO2/c1-3-5-13-19-14-11-18-12-15-20-17-10-7-6-9-16(17)8-4-2/h4,6-10,18H,3,5,11-15H2,1-2H3. The SMILES string of the molecule is CC=Cc1ccccc1OCCNCCOCCCC. The fourth-order valence-electron chi connectivity index (χ4n) is 1.78. The van der Waals surface area contributed by atoms with Gasteiger partial charge in [-0.2, -0.15) is 0 Å². The molecular formula is C17H27NO2. The first-order valence-electron chi connectivity index (χ1n) is 7.51. The number of rotatable bonds is 11. The normalized spacial score (nSPS) is 11.1. The summed E-state index contributed by atoms with van der Waals surface area (Å²) in [5.74, 6) is 0.937. The number of allylic oxidation sites excluding steroid dienone is 1. The third-order valence-electron chi connectivity index (χ3n) is 2.87. The molecule has 112 valence electrons. The van der Waals surface area contributed by atoms with Gasteiger partial charge in [-0.05, 0) is 19.4 Å². The van der Waals surface area contributed by atoms with Gasteiger partial charge in [0.15, 0.2) is 0 Å². The van der Waals surface area contributed by atoms with Gasteiger partial charge in [-0.1, -0.05) is 43.7 Å². The van der Waals surface area contributed by atoms with Gasteiger partial charge in [0.1, 0.15) is 12.4 Å². The number of nitrogens with one attached hydrogen (secondary N) is 1. The first-order valence-corrected chi connectivity index (χ1v) is 7.51. The van der Waals surface area contributed by atoms with Crippen LogP contribution in [0.4, 0.5) is 0 Å². The van der Waals surface area contributed by atoms with E-state index >= 15 is 0 Å². The molecule has 0 radical (unpaired) electrons. The molecule has 0 aliphatic rings. The maximum Gasteiger partial charge on any atom is 0.126 e. The van der Waals surface area contributed by atoms with E-state index in [0.717, 1.165) is 44.0 Å². The van der Waals surface area contributed by atoms with Crippen LogP contribution in [0.1, 0.15) is 32.3 Å². The van der Waals surface area contributed by atoms with Crippen molar-refractivity contribution in [3.05, 3.63) is 35.9 Å². The fraction of sp³-hybridized carbons (Fsp3) is 0.529. The molecule has 1 N–H and O–H groups in total. The average Bonchev–Trinajstić information content (AvgIpc) is 2.47. The highest BCUT2D eigenvalue weighted by Crippen LogP contribution is 2.18. The topological polar surface area (TPSA) is 30.5 Å². The van der Waals surface area contributed by atoms with Crippen LogP contribution in [0.15, 0.2) is 30.3 Å². The molecule has 0 aromatic heterocycles. The van der Waals surface area contributed by atoms with Gasteiger partial charge in [-0.15, -0.1) is 0 Å². The van der Waals surface area contributed by atoms with Crippen molar-refractivity contribution in [1.82, 2.24) is 5.32 Å². The lowest BCUT2D eigenvalue weighted by Gasteiger charge is -2.10. The number of unbranched alkanes of at least 4 members (excludes halogenated alkanes) is 1. The van der Waals surface area contributed by atoms with Crippen LogP contribution in [-0.2, 0) is 4.74 Å². The highest BCUT2D eigenvalue weighted by molar-refractivity contribution is 5.56. The Bertz CT molecular complexity index is 377. The first-order chi connectivity index (χ1) is 9.88. The van der Waals surface area contributed by atoms with Crippen molar-refractivity contribution in [1.29, 1.82) is 0 Å². The summed E-state index contributed by atoms with van der Waals surface area (Å²) in [6.45, 7) is 8.20. The van der Waals surface area contributed by atoms with Crippen molar-refractivity contribution in [2.24, 2.45) is 0 Å². The van der Waals surface area contributed by atoms with E-state index in [1.54, 1.807) is 0 Å². The van der Waals surface area contributed by atoms with E-state index < -0.39 is 0 Å². The Kier molecular flexibility index (Phi) is 9.62. The summed E-state index contributed by atoms with van der Waals surface area (Å²) in [4.78, 5) is 0. The molecule has 0 spiro atoms. The first kappa shape index (κ1) is 16.7. The molecule has 0 aliphatic carbocycles. The zero-order valence-corrected chi connectivity index (χ0v) is 12.7. The quantitative estimate of drug-likeness (QED) is 0.628. The van der Waals surface area contributed by atoms with Crippen LogP contribution >= 0.6 is 0 Å². The van der Waals surface area contributed by atoms with Crippen molar-refractivity contribution < 1.29 is 9.47 Å². The van der Waals surface area contributed by atoms with E-state index in [4.69, 9.17) is 9.47 Å². The average molecular weight is 277 g/mol. The third-order valence-corrected chi connectivity index (χ3v) is 2.87. The minimum Gasteiger partial charge on any atom is -0.492 e. The molecule has 0 amide bonds. The highest BCUT2D eigenvalue weighted by Gasteiger charge is 1.98. The molecule has 1 rings (SSSR count). The van der Waals surface area contributed by atoms with Gasteiger partial charge in [-0.3, -0.25) is 0 Å². The Hall–Kier alpha value is -1.32. The molecule has 3 heteroatoms. The molecule has 1 aromatic rings. The van der Waals surface area contributed by atoms with Crippen LogP contribution in [0.25, 0.3) is 6.08 Å². The maximum atomic E-state index is 5.78. The van der Waals surface area contributed by atoms with Crippen molar-refractivity contribution >= 4 is 6.08 Å². The van der Waals surface area contributed by atoms with Crippen molar-refractivity contribution in [3.8, 4) is 5.75 Å². The Morgan fingerprint density at radius 3 is 2.70 bits per heavy atom. The summed E-state index contributed by atoms with van der Waals surface area (Å²) in [6, 6.07) is 8.08. The van der Waals surface area contributed by atoms with Gasteiger partial charge in [0.25, 0.3) is 0 Å². The van der Waals surface area contributed by atoms with Crippen molar-refractivity contribution in [2.75, 3.05) is 32.9 Å². The van der Waals surface area contributed by atoms with Gasteiger partial charge < -0.3 is 14.8 Å². The smallest absolute Gasteiger partial charge is 0.126 e. The second kappa shape index (κ2) is 11.5. The van der Waals surface area contributed by atoms with Gasteiger partial charge in [0.05, 0.1) is 6.61 Å². The minimum atomic E-state index is 0.670. The molecule has 0 aliphatic heterocycles. The van der Waals surface area contributed by atoms with Crippen LogP contribution in [0.2, 0.25) is 0 Å². The van der Waals surface area contributed by atoms with E-state index in [9.17, 15) is 0 Å². The second-order valence-corrected chi connectivity index (χ2v) is 4.60. The number of ether oxygens (including phenoxy) is 2. The fourth-order valence-corrected chi connectivity index (χ4v) is 1.78. The number of benzene rings is 1. The second-order valence-electron chi connectivity index (χ2n) is 4.60. The summed E-state index contributed by atoms with van der Waals surface area (Å²) < 4.78 is 11.3. The van der Waals surface area contributed by atoms with E-state index in [2.05, 4.69) is 24.4 Å². The maximum absolute atomic E-state index is 5.78. The van der Waals surface area contributed by atoms with Gasteiger partial charge in [-0.25, -0.2) is 0 Å². The molecule has 0 fully saturated rings. The summed E-state index contributed by atoms with van der Waals surface area (Å²) in [7, 11) is 0. The molecular weight excluding hydrogens is 250 g/mol. The lowest BCUT2D eigenvalue weighted by Crippen LogP contribution is -2.25. The predicted molar refractivity (Wildman–Crippen MR) is 85.2 cm³/mol.